The number of aliphatic hydroxyl groups is 6. The molecule has 65 heavy (non-hydrogen) atoms. The van der Waals surface area contributed by atoms with Crippen LogP contribution in [0.1, 0.15) is 59.4 Å². The van der Waals surface area contributed by atoms with Crippen LogP contribution in [-0.4, -0.2) is 199 Å². The van der Waals surface area contributed by atoms with Gasteiger partial charge in [-0.1, -0.05) is 13.0 Å². The summed E-state index contributed by atoms with van der Waals surface area (Å²) in [5.74, 6) is -7.65. The molecule has 0 aromatic heterocycles. The SMILES string of the molecule is COc1cc(C[C@@H](O)[C@@H]2NC(=O)[C@@H]3C[C@@H](O)CN3C(=O)[C@H]([C@@H](C)O)NC(=O)C(NC(=O)OC(C)(C)C)C[C@@H](O)CNC(=O)[C@@H]3[C@@H](O)[C@@H](C)CN3C(=O)[C@H]([C@H](O)CCN)NC2=O)ccc1O. The number of nitrogens with two attached hydrogens (primary N) is 1. The fourth-order valence-corrected chi connectivity index (χ4v) is 7.91. The Balaban J connectivity index is 1.83. The molecule has 4 rings (SSSR count). The molecular weight excluding hydrogens is 860 g/mol. The highest BCUT2D eigenvalue weighted by Gasteiger charge is 2.49. The van der Waals surface area contributed by atoms with Gasteiger partial charge in [0, 0.05) is 44.8 Å². The third-order valence-electron chi connectivity index (χ3n) is 11.3. The van der Waals surface area contributed by atoms with Crippen LogP contribution in [0.5, 0.6) is 11.5 Å². The first-order chi connectivity index (χ1) is 30.4. The van der Waals surface area contributed by atoms with Crippen LogP contribution in [0.15, 0.2) is 18.2 Å². The summed E-state index contributed by atoms with van der Waals surface area (Å²) in [6.45, 7) is 5.70. The van der Waals surface area contributed by atoms with E-state index in [1.165, 1.54) is 32.2 Å². The molecule has 7 amide bonds. The van der Waals surface area contributed by atoms with Gasteiger partial charge < -0.3 is 87.3 Å². The number of aromatic hydroxyl groups is 1. The predicted octanol–water partition coefficient (Wildman–Crippen LogP) is -5.21. The van der Waals surface area contributed by atoms with E-state index in [-0.39, 0.29) is 36.6 Å². The van der Waals surface area contributed by atoms with Crippen molar-refractivity contribution in [2.45, 2.75) is 139 Å². The molecule has 0 radical (unpaired) electrons. The number of carbonyl (C=O) groups is 7. The Morgan fingerprint density at radius 3 is 2.11 bits per heavy atom. The molecule has 13 atom stereocenters. The first kappa shape index (κ1) is 52.3. The van der Waals surface area contributed by atoms with Gasteiger partial charge in [0.25, 0.3) is 0 Å². The number of alkyl carbamates (subject to hydrolysis) is 1. The summed E-state index contributed by atoms with van der Waals surface area (Å²) in [6.07, 6.45) is -12.6. The molecule has 1 aromatic rings. The number of carbonyl (C=O) groups excluding carboxylic acids is 7. The van der Waals surface area contributed by atoms with Gasteiger partial charge in [-0.25, -0.2) is 4.79 Å². The molecule has 0 spiro atoms. The second kappa shape index (κ2) is 22.2. The normalized spacial score (nSPS) is 30.4. The third kappa shape index (κ3) is 13.4. The number of ether oxygens (including phenoxy) is 2. The van der Waals surface area contributed by atoms with Crippen molar-refractivity contribution in [2.75, 3.05) is 33.3 Å². The molecule has 24 nitrogen and oxygen atoms in total. The minimum absolute atomic E-state index is 0.00148. The number of hydrogen-bond donors (Lipinski definition) is 13. The summed E-state index contributed by atoms with van der Waals surface area (Å²) in [5, 5.41) is 88.8. The van der Waals surface area contributed by atoms with Crippen LogP contribution in [0.4, 0.5) is 4.79 Å². The summed E-state index contributed by atoms with van der Waals surface area (Å²) in [4.78, 5) is 99.6. The van der Waals surface area contributed by atoms with Crippen molar-refractivity contribution in [3.05, 3.63) is 23.8 Å². The predicted molar refractivity (Wildman–Crippen MR) is 225 cm³/mol. The summed E-state index contributed by atoms with van der Waals surface area (Å²) in [6, 6.07) is -6.73. The summed E-state index contributed by atoms with van der Waals surface area (Å²) >= 11 is 0. The largest absolute Gasteiger partial charge is 0.504 e. The van der Waals surface area contributed by atoms with Gasteiger partial charge in [0.05, 0.1) is 43.7 Å². The zero-order valence-electron chi connectivity index (χ0n) is 37.2. The monoisotopic (exact) mass is 924 g/mol. The Labute approximate surface area is 375 Å². The van der Waals surface area contributed by atoms with Gasteiger partial charge in [-0.3, -0.25) is 28.8 Å². The van der Waals surface area contributed by atoms with Gasteiger partial charge in [0.2, 0.25) is 35.4 Å². The highest BCUT2D eigenvalue weighted by atomic mass is 16.6. The van der Waals surface area contributed by atoms with Crippen LogP contribution in [0.25, 0.3) is 0 Å². The van der Waals surface area contributed by atoms with E-state index in [0.29, 0.717) is 0 Å². The zero-order valence-corrected chi connectivity index (χ0v) is 37.2. The quantitative estimate of drug-likeness (QED) is 0.110. The topological polar surface area (TPSA) is 372 Å². The van der Waals surface area contributed by atoms with Crippen molar-refractivity contribution in [3.63, 3.8) is 0 Å². The smallest absolute Gasteiger partial charge is 0.408 e. The van der Waals surface area contributed by atoms with Gasteiger partial charge >= 0.3 is 6.09 Å². The molecular formula is C41H64N8O16. The van der Waals surface area contributed by atoms with Crippen LogP contribution in [-0.2, 0) is 39.9 Å². The van der Waals surface area contributed by atoms with Crippen molar-refractivity contribution in [1.29, 1.82) is 0 Å². The Morgan fingerprint density at radius 2 is 1.49 bits per heavy atom. The molecule has 0 bridgehead atoms. The molecule has 3 saturated heterocycles. The minimum atomic E-state index is -2.00. The number of phenols is 1. The lowest BCUT2D eigenvalue weighted by molar-refractivity contribution is -0.147. The van der Waals surface area contributed by atoms with Crippen LogP contribution < -0.4 is 37.1 Å². The molecule has 3 heterocycles. The standard InChI is InChI=1S/C41H64N8O16/c1-18-16-49-32(33(18)56)37(60)43-15-21(51)13-23(44-40(63)65-41(3,4)5)34(57)45-29(19(2)50)38(61)48-17-22(52)14-24(48)35(58)46-30(36(59)47-31(39(49)62)26(54)9-10-42)27(55)11-20-7-8-25(53)28(12-20)64-6/h7-8,12,18-19,21-24,26-27,29-33,50-56H,9-11,13-17,42H2,1-6H3,(H,43,60)(H,44,63)(H,45,57)(H,46,58)(H,47,59)/t18-,19+,21+,22+,23?,24-,26+,27+,29-,30-,31-,32-,33-/m0/s1. The molecule has 24 heteroatoms. The van der Waals surface area contributed by atoms with E-state index >= 15 is 0 Å². The Bertz CT molecular complexity index is 1900. The lowest BCUT2D eigenvalue weighted by atomic mass is 9.98. The van der Waals surface area contributed by atoms with Gasteiger partial charge in [-0.15, -0.1) is 0 Å². The Morgan fingerprint density at radius 1 is 0.862 bits per heavy atom. The number of aliphatic hydroxyl groups excluding tert-OH is 6. The van der Waals surface area contributed by atoms with Crippen molar-refractivity contribution < 1.29 is 78.8 Å². The summed E-state index contributed by atoms with van der Waals surface area (Å²) < 4.78 is 10.4. The van der Waals surface area contributed by atoms with Crippen molar-refractivity contribution in [1.82, 2.24) is 36.4 Å². The van der Waals surface area contributed by atoms with Crippen LogP contribution in [0.2, 0.25) is 0 Å². The van der Waals surface area contributed by atoms with Gasteiger partial charge in [-0.2, -0.15) is 0 Å². The summed E-state index contributed by atoms with van der Waals surface area (Å²) in [5.41, 5.74) is 4.95. The van der Waals surface area contributed by atoms with Crippen LogP contribution in [0.3, 0.4) is 0 Å². The van der Waals surface area contributed by atoms with Gasteiger partial charge in [0.15, 0.2) is 11.5 Å². The maximum Gasteiger partial charge on any atom is 0.408 e. The van der Waals surface area contributed by atoms with Crippen LogP contribution >= 0.6 is 0 Å². The lowest BCUT2D eigenvalue weighted by Crippen LogP contribution is -2.64. The van der Waals surface area contributed by atoms with Crippen molar-refractivity contribution in [2.24, 2.45) is 11.7 Å². The number of fused-ring (bicyclic) bond motifs is 2. The molecule has 14 N–H and O–H groups in total. The number of benzene rings is 1. The molecule has 1 aromatic carbocycles. The Kier molecular flexibility index (Phi) is 17.9. The molecule has 1 unspecified atom stereocenters. The molecule has 0 aliphatic carbocycles. The number of phenolic OH excluding ortho intramolecular Hbond substituents is 1. The maximum atomic E-state index is 14.4. The number of β-amino-alcohol motifs (C(OH)–C–C–N with tert-alkyl or cyclic N) is 1. The molecule has 3 fully saturated rings. The van der Waals surface area contributed by atoms with E-state index in [2.05, 4.69) is 26.6 Å². The number of hydrogen-bond acceptors (Lipinski definition) is 17. The number of amides is 7. The average molecular weight is 925 g/mol. The molecule has 3 aliphatic rings. The number of rotatable bonds is 9. The highest BCUT2D eigenvalue weighted by Crippen LogP contribution is 2.28. The first-order valence-corrected chi connectivity index (χ1v) is 21.3. The zero-order chi connectivity index (χ0) is 48.7. The van der Waals surface area contributed by atoms with Gasteiger partial charge in [-0.05, 0) is 58.4 Å². The van der Waals surface area contributed by atoms with Crippen LogP contribution in [0, 0.1) is 5.92 Å². The number of nitrogens with zero attached hydrogens (tertiary/aromatic N) is 2. The van der Waals surface area contributed by atoms with E-state index in [1.807, 2.05) is 0 Å². The highest BCUT2D eigenvalue weighted by molar-refractivity contribution is 5.98. The second-order valence-electron chi connectivity index (χ2n) is 17.8. The average Bonchev–Trinajstić information content (AvgIpc) is 3.76. The van der Waals surface area contributed by atoms with Crippen molar-refractivity contribution >= 4 is 41.5 Å². The van der Waals surface area contributed by atoms with E-state index in [9.17, 15) is 69.3 Å². The summed E-state index contributed by atoms with van der Waals surface area (Å²) in [7, 11) is 1.27. The number of nitrogens with one attached hydrogen (secondary N) is 5. The first-order valence-electron chi connectivity index (χ1n) is 21.3. The van der Waals surface area contributed by atoms with E-state index in [4.69, 9.17) is 15.2 Å². The maximum absolute atomic E-state index is 14.4. The van der Waals surface area contributed by atoms with E-state index < -0.39 is 158 Å². The Hall–Kier alpha value is -5.37. The third-order valence-corrected chi connectivity index (χ3v) is 11.3. The molecule has 0 saturated carbocycles. The molecule has 3 aliphatic heterocycles. The van der Waals surface area contributed by atoms with E-state index in [1.54, 1.807) is 20.8 Å². The second-order valence-corrected chi connectivity index (χ2v) is 17.8. The fraction of sp³-hybridized carbons (Fsp3) is 0.683. The minimum Gasteiger partial charge on any atom is -0.504 e. The van der Waals surface area contributed by atoms with Crippen molar-refractivity contribution in [3.8, 4) is 11.5 Å². The fourth-order valence-electron chi connectivity index (χ4n) is 7.91. The molecule has 364 valence electrons. The van der Waals surface area contributed by atoms with E-state index in [0.717, 1.165) is 16.7 Å². The lowest BCUT2D eigenvalue weighted by Gasteiger charge is -2.34. The van der Waals surface area contributed by atoms with Gasteiger partial charge in [0.1, 0.15) is 41.9 Å². The number of methoxy groups -OCH3 is 1.